The van der Waals surface area contributed by atoms with Gasteiger partial charge in [0.1, 0.15) is 5.82 Å². The zero-order chi connectivity index (χ0) is 12.3. The molecule has 2 heteroatoms. The molecule has 17 heavy (non-hydrogen) atoms. The van der Waals surface area contributed by atoms with Gasteiger partial charge in [0, 0.05) is 17.6 Å². The fraction of sp³-hybridized carbons (Fsp3) is 0.600. The molecule has 1 aromatic rings. The third-order valence-electron chi connectivity index (χ3n) is 3.79. The molecule has 94 valence electrons. The first-order chi connectivity index (χ1) is 8.16. The van der Waals surface area contributed by atoms with Crippen molar-refractivity contribution in [3.8, 4) is 0 Å². The van der Waals surface area contributed by atoms with E-state index in [9.17, 15) is 4.39 Å². The maximum absolute atomic E-state index is 13.6. The van der Waals surface area contributed by atoms with Crippen LogP contribution in [0, 0.1) is 11.7 Å². The summed E-state index contributed by atoms with van der Waals surface area (Å²) in [6, 6.07) is 7.71. The molecule has 0 saturated heterocycles. The van der Waals surface area contributed by atoms with Crippen LogP contribution in [0.4, 0.5) is 4.39 Å². The van der Waals surface area contributed by atoms with Crippen LogP contribution >= 0.6 is 0 Å². The van der Waals surface area contributed by atoms with E-state index in [1.165, 1.54) is 31.7 Å². The largest absolute Gasteiger partial charge is 0.307 e. The van der Waals surface area contributed by atoms with Gasteiger partial charge in [0.05, 0.1) is 0 Å². The Hall–Kier alpha value is -0.890. The number of rotatable bonds is 3. The third kappa shape index (κ3) is 3.29. The highest BCUT2D eigenvalue weighted by molar-refractivity contribution is 5.20. The monoisotopic (exact) mass is 235 g/mol. The molecule has 0 bridgehead atoms. The Kier molecular flexibility index (Phi) is 4.16. The van der Waals surface area contributed by atoms with Crippen molar-refractivity contribution >= 4 is 0 Å². The summed E-state index contributed by atoms with van der Waals surface area (Å²) in [6.45, 7) is 4.36. The lowest BCUT2D eigenvalue weighted by Crippen LogP contribution is -2.35. The van der Waals surface area contributed by atoms with Gasteiger partial charge >= 0.3 is 0 Å². The maximum Gasteiger partial charge on any atom is 0.127 e. The molecule has 0 spiro atoms. The molecule has 0 amide bonds. The van der Waals surface area contributed by atoms with Gasteiger partial charge in [0.2, 0.25) is 0 Å². The molecule has 2 unspecified atom stereocenters. The second-order valence-electron chi connectivity index (χ2n) is 5.38. The molecule has 1 aliphatic carbocycles. The zero-order valence-corrected chi connectivity index (χ0v) is 10.7. The fourth-order valence-corrected chi connectivity index (χ4v) is 2.86. The van der Waals surface area contributed by atoms with E-state index in [2.05, 4.69) is 19.2 Å². The first-order valence-electron chi connectivity index (χ1n) is 6.67. The molecule has 2 rings (SSSR count). The van der Waals surface area contributed by atoms with Gasteiger partial charge in [-0.05, 0) is 31.7 Å². The summed E-state index contributed by atoms with van der Waals surface area (Å²) in [5.41, 5.74) is 0.783. The number of hydrogen-bond acceptors (Lipinski definition) is 1. The number of halogens is 1. The molecular formula is C15H22FN. The Morgan fingerprint density at radius 2 is 2.06 bits per heavy atom. The Bertz CT molecular complexity index is 364. The third-order valence-corrected chi connectivity index (χ3v) is 3.79. The summed E-state index contributed by atoms with van der Waals surface area (Å²) in [4.78, 5) is 0. The van der Waals surface area contributed by atoms with E-state index < -0.39 is 0 Å². The fourth-order valence-electron chi connectivity index (χ4n) is 2.86. The lowest BCUT2D eigenvalue weighted by Gasteiger charge is -2.30. The molecule has 1 saturated carbocycles. The van der Waals surface area contributed by atoms with Gasteiger partial charge in [0.15, 0.2) is 0 Å². The van der Waals surface area contributed by atoms with Gasteiger partial charge in [-0.25, -0.2) is 4.39 Å². The van der Waals surface area contributed by atoms with Crippen molar-refractivity contribution in [1.82, 2.24) is 5.32 Å². The van der Waals surface area contributed by atoms with Crippen LogP contribution in [0.15, 0.2) is 24.3 Å². The molecule has 1 N–H and O–H groups in total. The Morgan fingerprint density at radius 1 is 1.29 bits per heavy atom. The summed E-state index contributed by atoms with van der Waals surface area (Å²) < 4.78 is 13.6. The second-order valence-corrected chi connectivity index (χ2v) is 5.38. The normalized spacial score (nSPS) is 26.8. The van der Waals surface area contributed by atoms with Crippen molar-refractivity contribution in [3.05, 3.63) is 35.6 Å². The zero-order valence-electron chi connectivity index (χ0n) is 10.7. The SMILES string of the molecule is CC1CCCC(N[C@H](C)c2ccccc2F)C1. The van der Waals surface area contributed by atoms with Crippen LogP contribution in [0.3, 0.4) is 0 Å². The van der Waals surface area contributed by atoms with Crippen molar-refractivity contribution < 1.29 is 4.39 Å². The van der Waals surface area contributed by atoms with Crippen molar-refractivity contribution in [2.45, 2.75) is 51.6 Å². The molecule has 1 aromatic carbocycles. The van der Waals surface area contributed by atoms with Crippen LogP contribution in [0.2, 0.25) is 0 Å². The average Bonchev–Trinajstić information content (AvgIpc) is 2.29. The quantitative estimate of drug-likeness (QED) is 0.833. The predicted molar refractivity (Wildman–Crippen MR) is 69.4 cm³/mol. The van der Waals surface area contributed by atoms with Crippen LogP contribution in [-0.2, 0) is 0 Å². The molecule has 0 heterocycles. The Balaban J connectivity index is 1.97. The molecule has 1 nitrogen and oxygen atoms in total. The van der Waals surface area contributed by atoms with E-state index in [1.54, 1.807) is 6.07 Å². The summed E-state index contributed by atoms with van der Waals surface area (Å²) in [5, 5.41) is 3.57. The smallest absolute Gasteiger partial charge is 0.127 e. The van der Waals surface area contributed by atoms with E-state index in [4.69, 9.17) is 0 Å². The Labute approximate surface area is 103 Å². The van der Waals surface area contributed by atoms with Gasteiger partial charge in [-0.3, -0.25) is 0 Å². The van der Waals surface area contributed by atoms with Gasteiger partial charge in [0.25, 0.3) is 0 Å². The summed E-state index contributed by atoms with van der Waals surface area (Å²) in [5.74, 6) is 0.699. The van der Waals surface area contributed by atoms with Gasteiger partial charge in [-0.15, -0.1) is 0 Å². The van der Waals surface area contributed by atoms with Gasteiger partial charge < -0.3 is 5.32 Å². The molecule has 0 radical (unpaired) electrons. The van der Waals surface area contributed by atoms with Crippen LogP contribution in [-0.4, -0.2) is 6.04 Å². The second kappa shape index (κ2) is 5.63. The highest BCUT2D eigenvalue weighted by Gasteiger charge is 2.21. The predicted octanol–water partition coefficient (Wildman–Crippen LogP) is 4.06. The number of benzene rings is 1. The van der Waals surface area contributed by atoms with E-state index in [1.807, 2.05) is 12.1 Å². The number of nitrogens with one attached hydrogen (secondary N) is 1. The average molecular weight is 235 g/mol. The first-order valence-corrected chi connectivity index (χ1v) is 6.67. The van der Waals surface area contributed by atoms with E-state index in [-0.39, 0.29) is 11.9 Å². The van der Waals surface area contributed by atoms with E-state index in [0.717, 1.165) is 11.5 Å². The highest BCUT2D eigenvalue weighted by atomic mass is 19.1. The lowest BCUT2D eigenvalue weighted by atomic mass is 9.86. The molecule has 1 fully saturated rings. The molecule has 0 aromatic heterocycles. The highest BCUT2D eigenvalue weighted by Crippen LogP contribution is 2.26. The van der Waals surface area contributed by atoms with E-state index >= 15 is 0 Å². The van der Waals surface area contributed by atoms with Crippen molar-refractivity contribution in [3.63, 3.8) is 0 Å². The molecular weight excluding hydrogens is 213 g/mol. The van der Waals surface area contributed by atoms with Crippen molar-refractivity contribution in [2.24, 2.45) is 5.92 Å². The lowest BCUT2D eigenvalue weighted by molar-refractivity contribution is 0.284. The standard InChI is InChI=1S/C15H22FN/c1-11-6-5-7-13(10-11)17-12(2)14-8-3-4-9-15(14)16/h3-4,8-9,11-13,17H,5-7,10H2,1-2H3/t11?,12-,13?/m1/s1. The first kappa shape index (κ1) is 12.6. The molecule has 1 aliphatic rings. The molecule has 3 atom stereocenters. The number of hydrogen-bond donors (Lipinski definition) is 1. The minimum atomic E-state index is -0.101. The van der Waals surface area contributed by atoms with Crippen molar-refractivity contribution in [1.29, 1.82) is 0 Å². The van der Waals surface area contributed by atoms with Crippen LogP contribution in [0.25, 0.3) is 0 Å². The van der Waals surface area contributed by atoms with Crippen LogP contribution in [0.5, 0.6) is 0 Å². The van der Waals surface area contributed by atoms with Gasteiger partial charge in [-0.2, -0.15) is 0 Å². The summed E-state index contributed by atoms with van der Waals surface area (Å²) >= 11 is 0. The topological polar surface area (TPSA) is 12.0 Å². The van der Waals surface area contributed by atoms with Gasteiger partial charge in [-0.1, -0.05) is 38.0 Å². The van der Waals surface area contributed by atoms with Crippen LogP contribution < -0.4 is 5.32 Å². The Morgan fingerprint density at radius 3 is 2.76 bits per heavy atom. The minimum Gasteiger partial charge on any atom is -0.307 e. The summed E-state index contributed by atoms with van der Waals surface area (Å²) in [7, 11) is 0. The maximum atomic E-state index is 13.6. The summed E-state index contributed by atoms with van der Waals surface area (Å²) in [6.07, 6.45) is 5.08. The van der Waals surface area contributed by atoms with E-state index in [0.29, 0.717) is 6.04 Å². The molecule has 0 aliphatic heterocycles. The minimum absolute atomic E-state index is 0.101. The van der Waals surface area contributed by atoms with Crippen LogP contribution in [0.1, 0.15) is 51.1 Å². The van der Waals surface area contributed by atoms with Crippen molar-refractivity contribution in [2.75, 3.05) is 0 Å².